The Balaban J connectivity index is 2.64. The SMILES string of the molecule is CCOc1ccc2ccccc2c1OC. The molecule has 0 heterocycles. The topological polar surface area (TPSA) is 18.5 Å². The van der Waals surface area contributed by atoms with Crippen LogP contribution in [0.2, 0.25) is 0 Å². The van der Waals surface area contributed by atoms with Crippen molar-refractivity contribution >= 4 is 10.8 Å². The second kappa shape index (κ2) is 4.22. The monoisotopic (exact) mass is 202 g/mol. The molecule has 0 amide bonds. The highest BCUT2D eigenvalue weighted by atomic mass is 16.5. The molecule has 0 aliphatic carbocycles. The van der Waals surface area contributed by atoms with Crippen LogP contribution in [0.25, 0.3) is 10.8 Å². The van der Waals surface area contributed by atoms with Crippen molar-refractivity contribution in [1.29, 1.82) is 0 Å². The van der Waals surface area contributed by atoms with E-state index in [1.54, 1.807) is 7.11 Å². The molecule has 0 bridgehead atoms. The molecule has 0 saturated carbocycles. The zero-order chi connectivity index (χ0) is 10.7. The van der Waals surface area contributed by atoms with Crippen LogP contribution in [0, 0.1) is 0 Å². The Labute approximate surface area is 89.4 Å². The normalized spacial score (nSPS) is 10.3. The van der Waals surface area contributed by atoms with E-state index in [1.165, 1.54) is 0 Å². The van der Waals surface area contributed by atoms with Crippen LogP contribution in [0.3, 0.4) is 0 Å². The van der Waals surface area contributed by atoms with Crippen LogP contribution in [0.4, 0.5) is 0 Å². The van der Waals surface area contributed by atoms with E-state index in [0.29, 0.717) is 6.61 Å². The fourth-order valence-corrected chi connectivity index (χ4v) is 1.70. The van der Waals surface area contributed by atoms with Gasteiger partial charge >= 0.3 is 0 Å². The van der Waals surface area contributed by atoms with Crippen molar-refractivity contribution in [1.82, 2.24) is 0 Å². The maximum Gasteiger partial charge on any atom is 0.168 e. The molecule has 15 heavy (non-hydrogen) atoms. The molecule has 2 heteroatoms. The molecule has 0 atom stereocenters. The van der Waals surface area contributed by atoms with Crippen molar-refractivity contribution in [2.75, 3.05) is 13.7 Å². The Bertz CT molecular complexity index is 463. The molecule has 0 spiro atoms. The van der Waals surface area contributed by atoms with Gasteiger partial charge in [-0.1, -0.05) is 30.3 Å². The van der Waals surface area contributed by atoms with Gasteiger partial charge in [-0.25, -0.2) is 0 Å². The smallest absolute Gasteiger partial charge is 0.168 e. The van der Waals surface area contributed by atoms with Gasteiger partial charge in [0.05, 0.1) is 13.7 Å². The summed E-state index contributed by atoms with van der Waals surface area (Å²) >= 11 is 0. The number of methoxy groups -OCH3 is 1. The van der Waals surface area contributed by atoms with Crippen molar-refractivity contribution in [3.8, 4) is 11.5 Å². The van der Waals surface area contributed by atoms with E-state index < -0.39 is 0 Å². The quantitative estimate of drug-likeness (QED) is 0.760. The summed E-state index contributed by atoms with van der Waals surface area (Å²) in [5.74, 6) is 1.62. The largest absolute Gasteiger partial charge is 0.492 e. The van der Waals surface area contributed by atoms with Crippen molar-refractivity contribution in [2.45, 2.75) is 6.92 Å². The molecule has 0 saturated heterocycles. The molecular weight excluding hydrogens is 188 g/mol. The van der Waals surface area contributed by atoms with E-state index in [0.717, 1.165) is 22.3 Å². The zero-order valence-corrected chi connectivity index (χ0v) is 8.99. The van der Waals surface area contributed by atoms with Gasteiger partial charge in [0.15, 0.2) is 11.5 Å². The third kappa shape index (κ3) is 1.75. The molecule has 0 radical (unpaired) electrons. The van der Waals surface area contributed by atoms with Gasteiger partial charge in [-0.2, -0.15) is 0 Å². The summed E-state index contributed by atoms with van der Waals surface area (Å²) < 4.78 is 10.9. The summed E-state index contributed by atoms with van der Waals surface area (Å²) in [4.78, 5) is 0. The van der Waals surface area contributed by atoms with Crippen molar-refractivity contribution < 1.29 is 9.47 Å². The molecule has 0 aliphatic rings. The summed E-state index contributed by atoms with van der Waals surface area (Å²) in [7, 11) is 1.67. The van der Waals surface area contributed by atoms with Crippen LogP contribution in [-0.4, -0.2) is 13.7 Å². The van der Waals surface area contributed by atoms with Crippen LogP contribution in [-0.2, 0) is 0 Å². The minimum absolute atomic E-state index is 0.648. The lowest BCUT2D eigenvalue weighted by Gasteiger charge is -2.11. The lowest BCUT2D eigenvalue weighted by Crippen LogP contribution is -1.95. The van der Waals surface area contributed by atoms with Crippen LogP contribution < -0.4 is 9.47 Å². The number of rotatable bonds is 3. The predicted molar refractivity (Wildman–Crippen MR) is 61.7 cm³/mol. The molecule has 0 N–H and O–H groups in total. The number of hydrogen-bond donors (Lipinski definition) is 0. The molecule has 2 aromatic carbocycles. The third-order valence-electron chi connectivity index (χ3n) is 2.35. The average Bonchev–Trinajstić information content (AvgIpc) is 2.29. The van der Waals surface area contributed by atoms with E-state index in [1.807, 2.05) is 37.3 Å². The third-order valence-corrected chi connectivity index (χ3v) is 2.35. The Morgan fingerprint density at radius 2 is 1.87 bits per heavy atom. The first-order chi connectivity index (χ1) is 7.36. The lowest BCUT2D eigenvalue weighted by molar-refractivity contribution is 0.313. The number of fused-ring (bicyclic) bond motifs is 1. The fraction of sp³-hybridized carbons (Fsp3) is 0.231. The number of hydrogen-bond acceptors (Lipinski definition) is 2. The molecule has 2 aromatic rings. The first kappa shape index (κ1) is 9.84. The molecule has 2 rings (SSSR count). The van der Waals surface area contributed by atoms with Crippen molar-refractivity contribution in [3.05, 3.63) is 36.4 Å². The van der Waals surface area contributed by atoms with Gasteiger partial charge in [0.25, 0.3) is 0 Å². The Kier molecular flexibility index (Phi) is 2.77. The number of benzene rings is 2. The minimum atomic E-state index is 0.648. The van der Waals surface area contributed by atoms with Crippen LogP contribution in [0.15, 0.2) is 36.4 Å². The average molecular weight is 202 g/mol. The Hall–Kier alpha value is -1.70. The molecule has 0 aliphatic heterocycles. The molecule has 0 unspecified atom stereocenters. The summed E-state index contributed by atoms with van der Waals surface area (Å²) in [5, 5.41) is 2.25. The summed E-state index contributed by atoms with van der Waals surface area (Å²) in [6.07, 6.45) is 0. The van der Waals surface area contributed by atoms with Gasteiger partial charge < -0.3 is 9.47 Å². The van der Waals surface area contributed by atoms with Gasteiger partial charge in [0, 0.05) is 5.39 Å². The van der Waals surface area contributed by atoms with E-state index in [-0.39, 0.29) is 0 Å². The van der Waals surface area contributed by atoms with Crippen LogP contribution in [0.5, 0.6) is 11.5 Å². The summed E-state index contributed by atoms with van der Waals surface area (Å²) in [6.45, 7) is 2.61. The zero-order valence-electron chi connectivity index (χ0n) is 8.99. The highest BCUT2D eigenvalue weighted by Crippen LogP contribution is 2.35. The first-order valence-electron chi connectivity index (χ1n) is 5.05. The predicted octanol–water partition coefficient (Wildman–Crippen LogP) is 3.25. The maximum atomic E-state index is 5.51. The second-order valence-electron chi connectivity index (χ2n) is 3.25. The van der Waals surface area contributed by atoms with Gasteiger partial charge in [-0.15, -0.1) is 0 Å². The van der Waals surface area contributed by atoms with Crippen molar-refractivity contribution in [2.24, 2.45) is 0 Å². The maximum absolute atomic E-state index is 5.51. The second-order valence-corrected chi connectivity index (χ2v) is 3.25. The van der Waals surface area contributed by atoms with Crippen molar-refractivity contribution in [3.63, 3.8) is 0 Å². The minimum Gasteiger partial charge on any atom is -0.492 e. The van der Waals surface area contributed by atoms with Crippen LogP contribution in [0.1, 0.15) is 6.92 Å². The lowest BCUT2D eigenvalue weighted by atomic mass is 10.1. The first-order valence-corrected chi connectivity index (χ1v) is 5.05. The number of ether oxygens (including phenoxy) is 2. The van der Waals surface area contributed by atoms with Gasteiger partial charge in [0.1, 0.15) is 0 Å². The van der Waals surface area contributed by atoms with E-state index >= 15 is 0 Å². The highest BCUT2D eigenvalue weighted by molar-refractivity contribution is 5.90. The van der Waals surface area contributed by atoms with Gasteiger partial charge in [-0.3, -0.25) is 0 Å². The van der Waals surface area contributed by atoms with Gasteiger partial charge in [-0.05, 0) is 18.4 Å². The molecule has 78 valence electrons. The van der Waals surface area contributed by atoms with Gasteiger partial charge in [0.2, 0.25) is 0 Å². The molecule has 2 nitrogen and oxygen atoms in total. The van der Waals surface area contributed by atoms with Crippen LogP contribution >= 0.6 is 0 Å². The van der Waals surface area contributed by atoms with E-state index in [9.17, 15) is 0 Å². The van der Waals surface area contributed by atoms with E-state index in [2.05, 4.69) is 6.07 Å². The Morgan fingerprint density at radius 3 is 2.60 bits per heavy atom. The molecule has 0 aromatic heterocycles. The Morgan fingerprint density at radius 1 is 1.07 bits per heavy atom. The summed E-state index contributed by atoms with van der Waals surface area (Å²) in [6, 6.07) is 12.1. The fourth-order valence-electron chi connectivity index (χ4n) is 1.70. The molecular formula is C13H14O2. The highest BCUT2D eigenvalue weighted by Gasteiger charge is 2.07. The van der Waals surface area contributed by atoms with E-state index in [4.69, 9.17) is 9.47 Å². The standard InChI is InChI=1S/C13H14O2/c1-3-15-12-9-8-10-6-4-5-7-11(10)13(12)14-2/h4-9H,3H2,1-2H3. The molecule has 0 fully saturated rings. The summed E-state index contributed by atoms with van der Waals surface area (Å²) in [5.41, 5.74) is 0.